The number of morpholine rings is 1. The Bertz CT molecular complexity index is 1330. The number of aromatic nitrogens is 5. The van der Waals surface area contributed by atoms with E-state index >= 15 is 0 Å². The van der Waals surface area contributed by atoms with E-state index in [0.29, 0.717) is 31.2 Å². The predicted octanol–water partition coefficient (Wildman–Crippen LogP) is 1.04. The highest BCUT2D eigenvalue weighted by molar-refractivity contribution is 5.99. The van der Waals surface area contributed by atoms with Crippen LogP contribution in [0, 0.1) is 0 Å². The van der Waals surface area contributed by atoms with Crippen LogP contribution in [0.5, 0.6) is 5.75 Å². The zero-order chi connectivity index (χ0) is 28.0. The first kappa shape index (κ1) is 21.0. The number of pyridine rings is 1. The van der Waals surface area contributed by atoms with E-state index in [1.165, 1.54) is 19.4 Å². The predicted molar refractivity (Wildman–Crippen MR) is 125 cm³/mol. The third-order valence-corrected chi connectivity index (χ3v) is 5.07. The van der Waals surface area contributed by atoms with E-state index in [4.69, 9.17) is 18.1 Å². The van der Waals surface area contributed by atoms with Gasteiger partial charge in [-0.1, -0.05) is 5.16 Å². The Kier molecular flexibility index (Phi) is 6.62. The van der Waals surface area contributed by atoms with E-state index in [9.17, 15) is 9.59 Å². The number of ether oxygens (including phenoxy) is 3. The summed E-state index contributed by atoms with van der Waals surface area (Å²) in [6.45, 7) is 0.411. The molecule has 2 amide bonds. The van der Waals surface area contributed by atoms with Crippen molar-refractivity contribution in [2.24, 2.45) is 0 Å². The minimum absolute atomic E-state index is 0.0396. The summed E-state index contributed by atoms with van der Waals surface area (Å²) in [5.41, 5.74) is 0.000715. The first-order valence-corrected chi connectivity index (χ1v) is 10.6. The molecule has 0 bridgehead atoms. The van der Waals surface area contributed by atoms with Crippen molar-refractivity contribution < 1.29 is 32.4 Å². The molecule has 36 heavy (non-hydrogen) atoms. The lowest BCUT2D eigenvalue weighted by molar-refractivity contribution is 0.0297. The molecule has 0 aromatic carbocycles. The van der Waals surface area contributed by atoms with Gasteiger partial charge >= 0.3 is 6.09 Å². The van der Waals surface area contributed by atoms with Crippen molar-refractivity contribution in [3.63, 3.8) is 0 Å². The molecule has 0 radical (unpaired) electrons. The highest BCUT2D eigenvalue weighted by atomic mass is 16.5. The number of carbonyl (C=O) groups excluding carboxylic acids is 2. The van der Waals surface area contributed by atoms with E-state index in [0.717, 1.165) is 20.2 Å². The summed E-state index contributed by atoms with van der Waals surface area (Å²) in [7, 11) is 2.56. The third kappa shape index (κ3) is 5.64. The quantitative estimate of drug-likeness (QED) is 0.398. The average molecular weight is 503 g/mol. The largest absolute Gasteiger partial charge is 0.492 e. The van der Waals surface area contributed by atoms with Crippen molar-refractivity contribution >= 4 is 29.3 Å². The minimum Gasteiger partial charge on any atom is -0.492 e. The number of methoxy groups -OCH3 is 2. The zero-order valence-corrected chi connectivity index (χ0v) is 19.4. The second-order valence-corrected chi connectivity index (χ2v) is 7.33. The lowest BCUT2D eigenvalue weighted by atomic mass is 10.2. The highest BCUT2D eigenvalue weighted by Crippen LogP contribution is 2.35. The Labute approximate surface area is 209 Å². The van der Waals surface area contributed by atoms with E-state index in [-0.39, 0.29) is 34.6 Å². The van der Waals surface area contributed by atoms with Gasteiger partial charge in [-0.2, -0.15) is 4.98 Å². The van der Waals surface area contributed by atoms with Gasteiger partial charge in [0.1, 0.15) is 0 Å². The van der Waals surface area contributed by atoms with Crippen LogP contribution in [0.15, 0.2) is 22.9 Å². The van der Waals surface area contributed by atoms with Gasteiger partial charge in [0.05, 0.1) is 45.2 Å². The smallest absolute Gasteiger partial charge is 0.412 e. The van der Waals surface area contributed by atoms with Crippen LogP contribution in [0.4, 0.5) is 22.1 Å². The van der Waals surface area contributed by atoms with Crippen LogP contribution in [0.3, 0.4) is 0 Å². The molecule has 0 unspecified atom stereocenters. The van der Waals surface area contributed by atoms with Crippen molar-refractivity contribution in [3.05, 3.63) is 29.9 Å². The summed E-state index contributed by atoms with van der Waals surface area (Å²) in [4.78, 5) is 35.2. The van der Waals surface area contributed by atoms with Crippen LogP contribution in [-0.2, 0) is 16.0 Å². The maximum absolute atomic E-state index is 12.6. The lowest BCUT2D eigenvalue weighted by Crippen LogP contribution is -2.35. The van der Waals surface area contributed by atoms with Crippen LogP contribution < -0.4 is 20.7 Å². The number of carbonyl (C=O) groups is 2. The number of amides is 2. The zero-order valence-electron chi connectivity index (χ0n) is 22.4. The highest BCUT2D eigenvalue weighted by Gasteiger charge is 2.22. The molecule has 190 valence electrons. The van der Waals surface area contributed by atoms with Gasteiger partial charge < -0.3 is 29.4 Å². The topological polar surface area (TPSA) is 179 Å². The normalized spacial score (nSPS) is 15.2. The summed E-state index contributed by atoms with van der Waals surface area (Å²) in [5, 5.41) is 18.6. The number of hydrogen-bond acceptors (Lipinski definition) is 13. The minimum atomic E-state index is -2.79. The first-order valence-electron chi connectivity index (χ1n) is 12.1. The molecule has 4 heterocycles. The standard InChI is InChI=1S/C21H25N9O6/c1-22-20(31)16-13(10-14(27-28-16)25-21(32)34-3)24-19-17(33-2)12(4-5-23-19)18-26-15(36-29-18)11-30-6-8-35-9-7-30/h4-5,10H,6-9,11H2,1-3H3,(H,22,31)(H2,23,24,25,27,32)/i1D3. The van der Waals surface area contributed by atoms with Crippen molar-refractivity contribution in [2.75, 3.05) is 58.1 Å². The molecule has 0 spiro atoms. The fourth-order valence-electron chi connectivity index (χ4n) is 3.36. The van der Waals surface area contributed by atoms with E-state index in [2.05, 4.69) is 45.6 Å². The molecule has 4 rings (SSSR count). The molecule has 3 aromatic rings. The van der Waals surface area contributed by atoms with Gasteiger partial charge in [-0.3, -0.25) is 15.0 Å². The van der Waals surface area contributed by atoms with Gasteiger partial charge in [-0.05, 0) is 6.07 Å². The number of hydrogen-bond donors (Lipinski definition) is 3. The molecule has 1 fully saturated rings. The number of nitrogens with zero attached hydrogens (tertiary/aromatic N) is 6. The summed E-state index contributed by atoms with van der Waals surface area (Å²) in [6.07, 6.45) is 0.612. The van der Waals surface area contributed by atoms with Crippen molar-refractivity contribution in [1.82, 2.24) is 35.5 Å². The van der Waals surface area contributed by atoms with Crippen molar-refractivity contribution in [2.45, 2.75) is 6.54 Å². The molecular weight excluding hydrogens is 474 g/mol. The molecule has 1 saturated heterocycles. The fraction of sp³-hybridized carbons (Fsp3) is 0.381. The maximum atomic E-state index is 12.6. The number of rotatable bonds is 8. The Morgan fingerprint density at radius 3 is 2.83 bits per heavy atom. The molecule has 3 N–H and O–H groups in total. The van der Waals surface area contributed by atoms with Gasteiger partial charge in [0.15, 0.2) is 23.1 Å². The molecule has 1 aliphatic heterocycles. The van der Waals surface area contributed by atoms with Gasteiger partial charge in [-0.15, -0.1) is 10.2 Å². The van der Waals surface area contributed by atoms with E-state index in [1.807, 2.05) is 5.32 Å². The molecule has 15 nitrogen and oxygen atoms in total. The van der Waals surface area contributed by atoms with Crippen molar-refractivity contribution in [3.8, 4) is 17.1 Å². The SMILES string of the molecule is [2H]C([2H])([2H])NC(=O)c1nnc(NC(=O)OC)cc1Nc1nccc(-c2noc(CN3CCOCC3)n2)c1OC. The lowest BCUT2D eigenvalue weighted by Gasteiger charge is -2.24. The molecule has 3 aromatic heterocycles. The molecule has 0 aliphatic carbocycles. The monoisotopic (exact) mass is 502 g/mol. The third-order valence-electron chi connectivity index (χ3n) is 5.07. The van der Waals surface area contributed by atoms with Gasteiger partial charge in [0.2, 0.25) is 11.7 Å². The first-order chi connectivity index (χ1) is 18.7. The number of nitrogens with one attached hydrogen (secondary N) is 3. The second-order valence-electron chi connectivity index (χ2n) is 7.33. The second kappa shape index (κ2) is 11.4. The maximum Gasteiger partial charge on any atom is 0.412 e. The Balaban J connectivity index is 1.65. The van der Waals surface area contributed by atoms with Gasteiger partial charge in [-0.25, -0.2) is 9.78 Å². The van der Waals surface area contributed by atoms with Crippen LogP contribution >= 0.6 is 0 Å². The van der Waals surface area contributed by atoms with Crippen LogP contribution in [0.2, 0.25) is 0 Å². The van der Waals surface area contributed by atoms with Crippen LogP contribution in [-0.4, -0.2) is 89.7 Å². The average Bonchev–Trinajstić information content (AvgIpc) is 3.36. The molecule has 1 aliphatic rings. The fourth-order valence-corrected chi connectivity index (χ4v) is 3.36. The molecular formula is C21H25N9O6. The van der Waals surface area contributed by atoms with Gasteiger partial charge in [0.25, 0.3) is 5.91 Å². The van der Waals surface area contributed by atoms with Gasteiger partial charge in [0, 0.05) is 36.4 Å². The van der Waals surface area contributed by atoms with E-state index in [1.54, 1.807) is 6.07 Å². The van der Waals surface area contributed by atoms with Crippen molar-refractivity contribution in [1.29, 1.82) is 0 Å². The van der Waals surface area contributed by atoms with Crippen LogP contribution in [0.25, 0.3) is 11.4 Å². The summed E-state index contributed by atoms with van der Waals surface area (Å²) < 4.78 is 42.9. The number of anilines is 3. The molecule has 0 atom stereocenters. The summed E-state index contributed by atoms with van der Waals surface area (Å²) in [5.74, 6) is -0.193. The Morgan fingerprint density at radius 1 is 1.25 bits per heavy atom. The molecule has 15 heteroatoms. The Morgan fingerprint density at radius 2 is 2.08 bits per heavy atom. The summed E-state index contributed by atoms with van der Waals surface area (Å²) in [6, 6.07) is 2.87. The van der Waals surface area contributed by atoms with Crippen LogP contribution in [0.1, 0.15) is 20.5 Å². The summed E-state index contributed by atoms with van der Waals surface area (Å²) >= 11 is 0. The van der Waals surface area contributed by atoms with E-state index < -0.39 is 19.0 Å². The Hall–Kier alpha value is -4.37. The molecule has 0 saturated carbocycles.